The number of likely N-dealkylation sites (N-methyl/N-ethyl adjacent to an activating group) is 1. The Morgan fingerprint density at radius 3 is 2.03 bits per heavy atom. The van der Waals surface area contributed by atoms with Gasteiger partial charge in [0.05, 0.1) is 26.4 Å². The number of hydrogen-bond acceptors (Lipinski definition) is 5. The first-order valence-corrected chi connectivity index (χ1v) is 12.6. The van der Waals surface area contributed by atoms with E-state index in [2.05, 4.69) is 19.1 Å². The number of rotatable bonds is 18. The molecule has 190 valence electrons. The zero-order chi connectivity index (χ0) is 24.4. The number of aryl methyl sites for hydroxylation is 1. The van der Waals surface area contributed by atoms with Crippen molar-refractivity contribution in [1.82, 2.24) is 4.90 Å². The minimum atomic E-state index is -0.489. The smallest absolute Gasteiger partial charge is 0.410 e. The Hall–Kier alpha value is -1.79. The lowest BCUT2D eigenvalue weighted by Crippen LogP contribution is -2.36. The Bertz CT molecular complexity index is 612. The Morgan fingerprint density at radius 2 is 1.39 bits per heavy atom. The van der Waals surface area contributed by atoms with Gasteiger partial charge in [-0.1, -0.05) is 57.6 Å². The first kappa shape index (κ1) is 29.2. The molecule has 0 aliphatic heterocycles. The summed E-state index contributed by atoms with van der Waals surface area (Å²) < 4.78 is 22.1. The molecule has 33 heavy (non-hydrogen) atoms. The van der Waals surface area contributed by atoms with Crippen LogP contribution in [0.2, 0.25) is 0 Å². The van der Waals surface area contributed by atoms with Crippen molar-refractivity contribution in [2.24, 2.45) is 0 Å². The molecule has 1 amide bonds. The Labute approximate surface area is 201 Å². The summed E-state index contributed by atoms with van der Waals surface area (Å²) in [5.41, 5.74) is 0.888. The van der Waals surface area contributed by atoms with Crippen LogP contribution in [0.3, 0.4) is 0 Å². The van der Waals surface area contributed by atoms with Gasteiger partial charge in [-0.25, -0.2) is 4.79 Å². The van der Waals surface area contributed by atoms with Crippen LogP contribution in [-0.2, 0) is 20.6 Å². The van der Waals surface area contributed by atoms with Crippen LogP contribution >= 0.6 is 0 Å². The minimum absolute atomic E-state index is 0.342. The van der Waals surface area contributed by atoms with E-state index < -0.39 is 5.60 Å². The van der Waals surface area contributed by atoms with Gasteiger partial charge >= 0.3 is 6.09 Å². The van der Waals surface area contributed by atoms with Gasteiger partial charge in [0.2, 0.25) is 0 Å². The van der Waals surface area contributed by atoms with Crippen LogP contribution in [0.4, 0.5) is 4.79 Å². The van der Waals surface area contributed by atoms with Gasteiger partial charge in [0.25, 0.3) is 0 Å². The molecule has 0 N–H and O–H groups in total. The van der Waals surface area contributed by atoms with Crippen molar-refractivity contribution in [2.45, 2.75) is 84.7 Å². The fraction of sp³-hybridized carbons (Fsp3) is 0.741. The van der Waals surface area contributed by atoms with Crippen molar-refractivity contribution in [3.05, 3.63) is 29.8 Å². The largest absolute Gasteiger partial charge is 0.491 e. The van der Waals surface area contributed by atoms with Crippen LogP contribution in [0, 0.1) is 0 Å². The summed E-state index contributed by atoms with van der Waals surface area (Å²) in [5.74, 6) is 0.878. The lowest BCUT2D eigenvalue weighted by molar-refractivity contribution is 0.0134. The van der Waals surface area contributed by atoms with Crippen LogP contribution in [-0.4, -0.2) is 63.2 Å². The van der Waals surface area contributed by atoms with E-state index >= 15 is 0 Å². The monoisotopic (exact) mass is 465 g/mol. The van der Waals surface area contributed by atoms with Crippen molar-refractivity contribution >= 4 is 6.09 Å². The summed E-state index contributed by atoms with van der Waals surface area (Å²) in [6.07, 6.45) is 10.2. The lowest BCUT2D eigenvalue weighted by atomic mass is 10.0. The maximum atomic E-state index is 11.8. The number of benzene rings is 1. The van der Waals surface area contributed by atoms with E-state index in [4.69, 9.17) is 18.9 Å². The van der Waals surface area contributed by atoms with Gasteiger partial charge in [-0.2, -0.15) is 0 Å². The topological polar surface area (TPSA) is 57.2 Å². The maximum absolute atomic E-state index is 11.8. The number of hydrogen-bond donors (Lipinski definition) is 0. The van der Waals surface area contributed by atoms with Gasteiger partial charge in [0, 0.05) is 13.6 Å². The summed E-state index contributed by atoms with van der Waals surface area (Å²) in [4.78, 5) is 13.4. The molecule has 0 atom stereocenters. The molecular formula is C27H47NO5. The van der Waals surface area contributed by atoms with Gasteiger partial charge in [0.15, 0.2) is 0 Å². The van der Waals surface area contributed by atoms with Crippen LogP contribution in [0.5, 0.6) is 5.75 Å². The van der Waals surface area contributed by atoms with Crippen molar-refractivity contribution in [3.63, 3.8) is 0 Å². The maximum Gasteiger partial charge on any atom is 0.410 e. The fourth-order valence-corrected chi connectivity index (χ4v) is 3.21. The van der Waals surface area contributed by atoms with Crippen molar-refractivity contribution in [2.75, 3.05) is 46.6 Å². The standard InChI is InChI=1S/C27H47NO5/c1-6-7-8-9-10-11-12-13-24-14-16-25(17-15-24)32-23-22-31-21-20-30-19-18-28(5)26(29)33-27(2,3)4/h14-17H,6-13,18-23H2,1-5H3. The van der Waals surface area contributed by atoms with Crippen molar-refractivity contribution < 1.29 is 23.7 Å². The third-order valence-electron chi connectivity index (χ3n) is 5.14. The Morgan fingerprint density at radius 1 is 0.818 bits per heavy atom. The average molecular weight is 466 g/mol. The Balaban J connectivity index is 1.98. The van der Waals surface area contributed by atoms with Gasteiger partial charge in [-0.15, -0.1) is 0 Å². The molecule has 1 aromatic rings. The first-order chi connectivity index (χ1) is 15.8. The third kappa shape index (κ3) is 16.5. The van der Waals surface area contributed by atoms with E-state index in [9.17, 15) is 4.79 Å². The van der Waals surface area contributed by atoms with E-state index in [0.29, 0.717) is 39.6 Å². The SMILES string of the molecule is CCCCCCCCCc1ccc(OCCOCCOCCN(C)C(=O)OC(C)(C)C)cc1. The predicted molar refractivity (Wildman–Crippen MR) is 134 cm³/mol. The molecule has 0 bridgehead atoms. The minimum Gasteiger partial charge on any atom is -0.491 e. The summed E-state index contributed by atoms with van der Waals surface area (Å²) in [5, 5.41) is 0. The van der Waals surface area contributed by atoms with Crippen LogP contribution < -0.4 is 4.74 Å². The zero-order valence-corrected chi connectivity index (χ0v) is 21.7. The molecule has 6 nitrogen and oxygen atoms in total. The molecule has 0 saturated heterocycles. The molecule has 0 aliphatic rings. The van der Waals surface area contributed by atoms with Crippen LogP contribution in [0.25, 0.3) is 0 Å². The summed E-state index contributed by atoms with van der Waals surface area (Å²) in [7, 11) is 1.70. The molecule has 0 aromatic heterocycles. The van der Waals surface area contributed by atoms with Crippen molar-refractivity contribution in [3.8, 4) is 5.75 Å². The summed E-state index contributed by atoms with van der Waals surface area (Å²) in [6.45, 7) is 10.7. The zero-order valence-electron chi connectivity index (χ0n) is 21.7. The van der Waals surface area contributed by atoms with Crippen molar-refractivity contribution in [1.29, 1.82) is 0 Å². The molecule has 0 aliphatic carbocycles. The van der Waals surface area contributed by atoms with E-state index in [-0.39, 0.29) is 6.09 Å². The summed E-state index contributed by atoms with van der Waals surface area (Å²) in [6, 6.07) is 8.41. The van der Waals surface area contributed by atoms with Crippen LogP contribution in [0.15, 0.2) is 24.3 Å². The molecule has 0 fully saturated rings. The first-order valence-electron chi connectivity index (χ1n) is 12.6. The number of amides is 1. The number of nitrogens with zero attached hydrogens (tertiary/aromatic N) is 1. The number of unbranched alkanes of at least 4 members (excludes halogenated alkanes) is 6. The van der Waals surface area contributed by atoms with Gasteiger partial charge < -0.3 is 23.8 Å². The number of carbonyl (C=O) groups excluding carboxylic acids is 1. The average Bonchev–Trinajstić information content (AvgIpc) is 2.77. The molecule has 1 rings (SSSR count). The molecule has 0 radical (unpaired) electrons. The molecule has 6 heteroatoms. The molecule has 0 saturated carbocycles. The molecular weight excluding hydrogens is 418 g/mol. The quantitative estimate of drug-likeness (QED) is 0.240. The number of carbonyl (C=O) groups is 1. The normalized spacial score (nSPS) is 11.4. The second-order valence-corrected chi connectivity index (χ2v) is 9.49. The Kier molecular flexibility index (Phi) is 15.6. The van der Waals surface area contributed by atoms with Gasteiger partial charge in [-0.3, -0.25) is 0 Å². The highest BCUT2D eigenvalue weighted by Gasteiger charge is 2.19. The van der Waals surface area contributed by atoms with E-state index in [1.54, 1.807) is 7.05 Å². The highest BCUT2D eigenvalue weighted by Crippen LogP contribution is 2.15. The second-order valence-electron chi connectivity index (χ2n) is 9.49. The lowest BCUT2D eigenvalue weighted by Gasteiger charge is -2.24. The fourth-order valence-electron chi connectivity index (χ4n) is 3.21. The molecule has 0 unspecified atom stereocenters. The van der Waals surface area contributed by atoms with E-state index in [1.807, 2.05) is 32.9 Å². The second kappa shape index (κ2) is 17.7. The highest BCUT2D eigenvalue weighted by atomic mass is 16.6. The van der Waals surface area contributed by atoms with Gasteiger partial charge in [-0.05, 0) is 51.3 Å². The molecule has 1 aromatic carbocycles. The van der Waals surface area contributed by atoms with Crippen LogP contribution in [0.1, 0.15) is 78.2 Å². The molecule has 0 heterocycles. The molecule has 0 spiro atoms. The van der Waals surface area contributed by atoms with Gasteiger partial charge in [0.1, 0.15) is 18.0 Å². The van der Waals surface area contributed by atoms with E-state index in [0.717, 1.165) is 12.2 Å². The highest BCUT2D eigenvalue weighted by molar-refractivity contribution is 5.67. The summed E-state index contributed by atoms with van der Waals surface area (Å²) >= 11 is 0. The van der Waals surface area contributed by atoms with E-state index in [1.165, 1.54) is 55.4 Å². The predicted octanol–water partition coefficient (Wildman–Crippen LogP) is 6.26. The number of ether oxygens (including phenoxy) is 4. The third-order valence-corrected chi connectivity index (χ3v) is 5.14.